The predicted octanol–water partition coefficient (Wildman–Crippen LogP) is -0.450. The lowest BCUT2D eigenvalue weighted by molar-refractivity contribution is -0.146. The van der Waals surface area contributed by atoms with Crippen LogP contribution in [0.15, 0.2) is 29.2 Å². The van der Waals surface area contributed by atoms with Crippen LogP contribution in [-0.2, 0) is 14.8 Å². The molecule has 1 aromatic rings. The van der Waals surface area contributed by atoms with Gasteiger partial charge in [0.15, 0.2) is 6.10 Å². The average molecular weight is 263 g/mol. The molecule has 1 atom stereocenters. The summed E-state index contributed by atoms with van der Waals surface area (Å²) in [4.78, 5) is 9.92. The third-order valence-electron chi connectivity index (χ3n) is 1.86. The second kappa shape index (κ2) is 5.21. The van der Waals surface area contributed by atoms with E-state index in [1.165, 1.54) is 6.07 Å². The van der Waals surface area contributed by atoms with E-state index in [9.17, 15) is 17.6 Å². The third kappa shape index (κ3) is 3.77. The van der Waals surface area contributed by atoms with Crippen LogP contribution in [-0.4, -0.2) is 37.2 Å². The third-order valence-corrected chi connectivity index (χ3v) is 3.28. The molecule has 0 amide bonds. The molecule has 0 aliphatic carbocycles. The Labute approximate surface area is 96.8 Å². The van der Waals surface area contributed by atoms with E-state index in [2.05, 4.69) is 0 Å². The Hall–Kier alpha value is -1.51. The highest BCUT2D eigenvalue weighted by Gasteiger charge is 2.19. The van der Waals surface area contributed by atoms with Crippen molar-refractivity contribution in [3.05, 3.63) is 30.1 Å². The number of nitrogens with one attached hydrogen (secondary N) is 1. The summed E-state index contributed by atoms with van der Waals surface area (Å²) in [6, 6.07) is 4.22. The van der Waals surface area contributed by atoms with E-state index in [1.807, 2.05) is 4.72 Å². The Morgan fingerprint density at radius 2 is 2.12 bits per heavy atom. The number of aliphatic carboxylic acids is 1. The minimum absolute atomic E-state index is 0.338. The molecular formula is C9H10FNO5S. The summed E-state index contributed by atoms with van der Waals surface area (Å²) < 4.78 is 37.7. The normalized spacial score (nSPS) is 13.3. The predicted molar refractivity (Wildman–Crippen MR) is 55.2 cm³/mol. The first-order valence-corrected chi connectivity index (χ1v) is 5.97. The number of carbonyl (C=O) groups is 1. The molecule has 6 nitrogen and oxygen atoms in total. The van der Waals surface area contributed by atoms with Crippen molar-refractivity contribution < 1.29 is 27.8 Å². The SMILES string of the molecule is O=C(O)C(O)CNS(=O)(=O)c1cccc(F)c1. The fourth-order valence-corrected chi connectivity index (χ4v) is 2.06. The highest BCUT2D eigenvalue weighted by Crippen LogP contribution is 2.09. The van der Waals surface area contributed by atoms with Crippen LogP contribution < -0.4 is 4.72 Å². The lowest BCUT2D eigenvalue weighted by Gasteiger charge is -2.08. The first-order chi connectivity index (χ1) is 7.83. The Bertz CT molecular complexity index is 516. The van der Waals surface area contributed by atoms with Gasteiger partial charge in [0.25, 0.3) is 0 Å². The molecule has 1 unspecified atom stereocenters. The number of sulfonamides is 1. The van der Waals surface area contributed by atoms with E-state index >= 15 is 0 Å². The highest BCUT2D eigenvalue weighted by molar-refractivity contribution is 7.89. The molecule has 0 bridgehead atoms. The van der Waals surface area contributed by atoms with Gasteiger partial charge in [-0.25, -0.2) is 22.3 Å². The second-order valence-corrected chi connectivity index (χ2v) is 4.93. The van der Waals surface area contributed by atoms with Crippen molar-refractivity contribution in [3.8, 4) is 0 Å². The van der Waals surface area contributed by atoms with Crippen molar-refractivity contribution in [2.75, 3.05) is 6.54 Å². The largest absolute Gasteiger partial charge is 0.479 e. The number of carboxylic acid groups (broad SMARTS) is 1. The van der Waals surface area contributed by atoms with E-state index in [1.54, 1.807) is 0 Å². The van der Waals surface area contributed by atoms with E-state index in [0.29, 0.717) is 0 Å². The first-order valence-electron chi connectivity index (χ1n) is 4.49. The summed E-state index contributed by atoms with van der Waals surface area (Å²) in [6.45, 7) is -0.686. The lowest BCUT2D eigenvalue weighted by Crippen LogP contribution is -2.36. The quantitative estimate of drug-likeness (QED) is 0.667. The van der Waals surface area contributed by atoms with Gasteiger partial charge < -0.3 is 10.2 Å². The van der Waals surface area contributed by atoms with Crippen LogP contribution in [0, 0.1) is 5.82 Å². The van der Waals surface area contributed by atoms with Crippen LogP contribution in [0.5, 0.6) is 0 Å². The smallest absolute Gasteiger partial charge is 0.333 e. The average Bonchev–Trinajstić information content (AvgIpc) is 2.26. The number of rotatable bonds is 5. The molecule has 3 N–H and O–H groups in total. The standard InChI is InChI=1S/C9H10FNO5S/c10-6-2-1-3-7(4-6)17(15,16)11-5-8(12)9(13)14/h1-4,8,11-12H,5H2,(H,13,14). The molecule has 0 saturated heterocycles. The molecule has 0 aliphatic heterocycles. The van der Waals surface area contributed by atoms with Gasteiger partial charge >= 0.3 is 5.97 Å². The first kappa shape index (κ1) is 13.6. The summed E-state index contributed by atoms with van der Waals surface area (Å²) in [5, 5.41) is 17.2. The van der Waals surface area contributed by atoms with Gasteiger partial charge in [-0.05, 0) is 18.2 Å². The van der Waals surface area contributed by atoms with Gasteiger partial charge in [-0.3, -0.25) is 0 Å². The van der Waals surface area contributed by atoms with Crippen molar-refractivity contribution in [2.24, 2.45) is 0 Å². The number of hydrogen-bond donors (Lipinski definition) is 3. The minimum Gasteiger partial charge on any atom is -0.479 e. The maximum Gasteiger partial charge on any atom is 0.333 e. The molecule has 94 valence electrons. The van der Waals surface area contributed by atoms with Crippen LogP contribution in [0.4, 0.5) is 4.39 Å². The molecule has 0 aliphatic rings. The number of hydrogen-bond acceptors (Lipinski definition) is 4. The molecule has 0 saturated carbocycles. The number of benzene rings is 1. The molecule has 0 fully saturated rings. The zero-order valence-corrected chi connectivity index (χ0v) is 9.32. The zero-order valence-electron chi connectivity index (χ0n) is 8.50. The van der Waals surface area contributed by atoms with Gasteiger partial charge in [0.1, 0.15) is 5.82 Å². The number of aliphatic hydroxyl groups excluding tert-OH is 1. The summed E-state index contributed by atoms with van der Waals surface area (Å²) in [6.07, 6.45) is -1.85. The molecule has 0 heterocycles. The fraction of sp³-hybridized carbons (Fsp3) is 0.222. The second-order valence-electron chi connectivity index (χ2n) is 3.16. The van der Waals surface area contributed by atoms with Crippen molar-refractivity contribution in [1.82, 2.24) is 4.72 Å². The summed E-state index contributed by atoms with van der Waals surface area (Å²) in [5.41, 5.74) is 0. The fourth-order valence-electron chi connectivity index (χ4n) is 0.993. The topological polar surface area (TPSA) is 104 Å². The maximum absolute atomic E-state index is 12.8. The Kier molecular flexibility index (Phi) is 4.16. The van der Waals surface area contributed by atoms with Crippen molar-refractivity contribution in [1.29, 1.82) is 0 Å². The van der Waals surface area contributed by atoms with Crippen LogP contribution in [0.1, 0.15) is 0 Å². The van der Waals surface area contributed by atoms with Gasteiger partial charge in [0.05, 0.1) is 4.90 Å². The van der Waals surface area contributed by atoms with Gasteiger partial charge in [-0.1, -0.05) is 6.07 Å². The summed E-state index contributed by atoms with van der Waals surface area (Å²) >= 11 is 0. The number of halogens is 1. The highest BCUT2D eigenvalue weighted by atomic mass is 32.2. The zero-order chi connectivity index (χ0) is 13.1. The molecule has 1 rings (SSSR count). The van der Waals surface area contributed by atoms with Crippen LogP contribution in [0.3, 0.4) is 0 Å². The van der Waals surface area contributed by atoms with E-state index < -0.39 is 34.5 Å². The summed E-state index contributed by atoms with van der Waals surface area (Å²) in [5.74, 6) is -2.28. The van der Waals surface area contributed by atoms with Crippen LogP contribution in [0.2, 0.25) is 0 Å². The van der Waals surface area contributed by atoms with Gasteiger partial charge in [-0.2, -0.15) is 0 Å². The van der Waals surface area contributed by atoms with Crippen LogP contribution in [0.25, 0.3) is 0 Å². The Morgan fingerprint density at radius 3 is 2.65 bits per heavy atom. The minimum atomic E-state index is -4.02. The van der Waals surface area contributed by atoms with Gasteiger partial charge in [-0.15, -0.1) is 0 Å². The Morgan fingerprint density at radius 1 is 1.47 bits per heavy atom. The molecule has 8 heteroatoms. The van der Waals surface area contributed by atoms with Gasteiger partial charge in [0, 0.05) is 6.54 Å². The number of aliphatic hydroxyl groups is 1. The van der Waals surface area contributed by atoms with E-state index in [4.69, 9.17) is 10.2 Å². The lowest BCUT2D eigenvalue weighted by atomic mass is 10.4. The van der Waals surface area contributed by atoms with Gasteiger partial charge in [0.2, 0.25) is 10.0 Å². The summed E-state index contributed by atoms with van der Waals surface area (Å²) in [7, 11) is -4.02. The molecule has 0 spiro atoms. The molecule has 1 aromatic carbocycles. The number of carboxylic acids is 1. The van der Waals surface area contributed by atoms with Crippen molar-refractivity contribution in [2.45, 2.75) is 11.0 Å². The van der Waals surface area contributed by atoms with E-state index in [-0.39, 0.29) is 4.90 Å². The molecule has 0 aromatic heterocycles. The molecule has 17 heavy (non-hydrogen) atoms. The molecular weight excluding hydrogens is 253 g/mol. The van der Waals surface area contributed by atoms with Crippen LogP contribution >= 0.6 is 0 Å². The Balaban J connectivity index is 2.79. The monoisotopic (exact) mass is 263 g/mol. The van der Waals surface area contributed by atoms with Crippen molar-refractivity contribution >= 4 is 16.0 Å². The maximum atomic E-state index is 12.8. The van der Waals surface area contributed by atoms with Crippen molar-refractivity contribution in [3.63, 3.8) is 0 Å². The van der Waals surface area contributed by atoms with E-state index in [0.717, 1.165) is 18.2 Å². The molecule has 0 radical (unpaired) electrons.